The lowest BCUT2D eigenvalue weighted by Crippen LogP contribution is -2.68. The molecular formula is C31H30O3. The SMILES string of the molecule is COc1ccc(/C=C/C[C@@]23CCCO[C@]2(c2cc4ccccc4c4ccccc24)O[C@H]3C)cc1. The summed E-state index contributed by atoms with van der Waals surface area (Å²) in [5, 5.41) is 4.97. The van der Waals surface area contributed by atoms with E-state index in [0.29, 0.717) is 0 Å². The van der Waals surface area contributed by atoms with E-state index in [0.717, 1.165) is 37.2 Å². The monoisotopic (exact) mass is 450 g/mol. The molecule has 6 rings (SSSR count). The molecule has 0 aromatic heterocycles. The maximum atomic E-state index is 6.64. The van der Waals surface area contributed by atoms with Crippen LogP contribution in [-0.2, 0) is 15.3 Å². The molecular weight excluding hydrogens is 420 g/mol. The summed E-state index contributed by atoms with van der Waals surface area (Å²) in [6.07, 6.45) is 7.67. The number of fused-ring (bicyclic) bond motifs is 4. The van der Waals surface area contributed by atoms with Crippen LogP contribution >= 0.6 is 0 Å². The molecule has 0 unspecified atom stereocenters. The van der Waals surface area contributed by atoms with Crippen molar-refractivity contribution < 1.29 is 14.2 Å². The summed E-state index contributed by atoms with van der Waals surface area (Å²) in [5.74, 6) is 0.151. The molecule has 3 nitrogen and oxygen atoms in total. The van der Waals surface area contributed by atoms with Gasteiger partial charge in [0.05, 0.1) is 25.2 Å². The minimum absolute atomic E-state index is 0.0978. The fraction of sp³-hybridized carbons (Fsp3) is 0.290. The van der Waals surface area contributed by atoms with E-state index in [1.54, 1.807) is 7.11 Å². The van der Waals surface area contributed by atoms with Crippen LogP contribution in [0.3, 0.4) is 0 Å². The zero-order valence-corrected chi connectivity index (χ0v) is 19.8. The van der Waals surface area contributed by atoms with E-state index in [1.807, 2.05) is 12.1 Å². The molecule has 3 heteroatoms. The van der Waals surface area contributed by atoms with Gasteiger partial charge in [-0.05, 0) is 71.5 Å². The van der Waals surface area contributed by atoms with Crippen LogP contribution in [0.5, 0.6) is 5.75 Å². The Morgan fingerprint density at radius 2 is 1.68 bits per heavy atom. The van der Waals surface area contributed by atoms with Crippen LogP contribution in [0.25, 0.3) is 27.6 Å². The van der Waals surface area contributed by atoms with E-state index in [2.05, 4.69) is 85.8 Å². The Morgan fingerprint density at radius 3 is 2.44 bits per heavy atom. The molecule has 2 aliphatic rings. The van der Waals surface area contributed by atoms with E-state index >= 15 is 0 Å². The molecule has 0 spiro atoms. The molecule has 0 radical (unpaired) electrons. The van der Waals surface area contributed by atoms with Gasteiger partial charge in [-0.25, -0.2) is 0 Å². The lowest BCUT2D eigenvalue weighted by molar-refractivity contribution is -0.452. The highest BCUT2D eigenvalue weighted by atomic mass is 16.7. The van der Waals surface area contributed by atoms with Crippen LogP contribution in [0.4, 0.5) is 0 Å². The summed E-state index contributed by atoms with van der Waals surface area (Å²) in [7, 11) is 1.70. The van der Waals surface area contributed by atoms with Gasteiger partial charge in [0.15, 0.2) is 0 Å². The van der Waals surface area contributed by atoms with Gasteiger partial charge in [0, 0.05) is 5.56 Å². The van der Waals surface area contributed by atoms with E-state index in [9.17, 15) is 0 Å². The van der Waals surface area contributed by atoms with Crippen molar-refractivity contribution in [1.29, 1.82) is 0 Å². The Hall–Kier alpha value is -3.14. The van der Waals surface area contributed by atoms with Crippen molar-refractivity contribution in [3.8, 4) is 5.75 Å². The van der Waals surface area contributed by atoms with Crippen LogP contribution in [0.2, 0.25) is 0 Å². The second kappa shape index (κ2) is 8.26. The molecule has 172 valence electrons. The molecule has 0 amide bonds. The molecule has 2 fully saturated rings. The van der Waals surface area contributed by atoms with Gasteiger partial charge < -0.3 is 14.2 Å². The first kappa shape index (κ1) is 21.4. The Labute approximate surface area is 201 Å². The van der Waals surface area contributed by atoms with Gasteiger partial charge in [0.1, 0.15) is 5.75 Å². The Morgan fingerprint density at radius 1 is 0.941 bits per heavy atom. The molecule has 2 heterocycles. The Bertz CT molecular complexity index is 1370. The molecule has 4 aromatic rings. The zero-order chi connectivity index (χ0) is 23.2. The van der Waals surface area contributed by atoms with Gasteiger partial charge in [-0.2, -0.15) is 0 Å². The van der Waals surface area contributed by atoms with Crippen LogP contribution in [0, 0.1) is 5.41 Å². The van der Waals surface area contributed by atoms with E-state index in [4.69, 9.17) is 14.2 Å². The third kappa shape index (κ3) is 3.11. The average Bonchev–Trinajstić information content (AvgIpc) is 2.89. The molecule has 3 atom stereocenters. The predicted molar refractivity (Wildman–Crippen MR) is 138 cm³/mol. The quantitative estimate of drug-likeness (QED) is 0.295. The van der Waals surface area contributed by atoms with Crippen molar-refractivity contribution in [2.45, 2.75) is 38.1 Å². The normalized spacial score (nSPS) is 26.5. The summed E-state index contributed by atoms with van der Waals surface area (Å²) >= 11 is 0. The molecule has 0 saturated carbocycles. The molecule has 0 aliphatic carbocycles. The first-order valence-electron chi connectivity index (χ1n) is 12.2. The summed E-state index contributed by atoms with van der Waals surface area (Å²) in [4.78, 5) is 0. The maximum Gasteiger partial charge on any atom is 0.204 e. The van der Waals surface area contributed by atoms with Gasteiger partial charge in [-0.1, -0.05) is 72.8 Å². The number of hydrogen-bond acceptors (Lipinski definition) is 3. The predicted octanol–water partition coefficient (Wildman–Crippen LogP) is 7.47. The maximum absolute atomic E-state index is 6.64. The number of allylic oxidation sites excluding steroid dienone is 1. The van der Waals surface area contributed by atoms with Gasteiger partial charge in [-0.3, -0.25) is 0 Å². The minimum Gasteiger partial charge on any atom is -0.497 e. The van der Waals surface area contributed by atoms with Crippen molar-refractivity contribution in [1.82, 2.24) is 0 Å². The fourth-order valence-corrected chi connectivity index (χ4v) is 6.10. The third-order valence-corrected chi connectivity index (χ3v) is 7.88. The van der Waals surface area contributed by atoms with Crippen LogP contribution < -0.4 is 4.74 Å². The summed E-state index contributed by atoms with van der Waals surface area (Å²) in [6.45, 7) is 2.93. The first-order valence-corrected chi connectivity index (χ1v) is 12.2. The van der Waals surface area contributed by atoms with Gasteiger partial charge in [0.2, 0.25) is 5.79 Å². The highest BCUT2D eigenvalue weighted by Crippen LogP contribution is 2.64. The molecule has 34 heavy (non-hydrogen) atoms. The zero-order valence-electron chi connectivity index (χ0n) is 19.8. The highest BCUT2D eigenvalue weighted by molar-refractivity contribution is 6.09. The number of methoxy groups -OCH3 is 1. The number of benzene rings is 4. The highest BCUT2D eigenvalue weighted by Gasteiger charge is 2.68. The molecule has 0 N–H and O–H groups in total. The molecule has 4 aromatic carbocycles. The Kier molecular flexibility index (Phi) is 5.20. The van der Waals surface area contributed by atoms with E-state index in [1.165, 1.54) is 27.1 Å². The molecule has 2 saturated heterocycles. The van der Waals surface area contributed by atoms with Crippen molar-refractivity contribution >= 4 is 27.6 Å². The number of hydrogen-bond donors (Lipinski definition) is 0. The van der Waals surface area contributed by atoms with E-state index < -0.39 is 5.79 Å². The topological polar surface area (TPSA) is 27.7 Å². The van der Waals surface area contributed by atoms with E-state index in [-0.39, 0.29) is 11.5 Å². The van der Waals surface area contributed by atoms with Crippen LogP contribution in [-0.4, -0.2) is 19.8 Å². The smallest absolute Gasteiger partial charge is 0.204 e. The van der Waals surface area contributed by atoms with Crippen molar-refractivity contribution in [2.75, 3.05) is 13.7 Å². The molecule has 0 bridgehead atoms. The van der Waals surface area contributed by atoms with Gasteiger partial charge >= 0.3 is 0 Å². The second-order valence-corrected chi connectivity index (χ2v) is 9.56. The second-order valence-electron chi connectivity index (χ2n) is 9.56. The van der Waals surface area contributed by atoms with Crippen molar-refractivity contribution in [3.63, 3.8) is 0 Å². The first-order chi connectivity index (χ1) is 16.7. The van der Waals surface area contributed by atoms with Gasteiger partial charge in [0.25, 0.3) is 0 Å². The average molecular weight is 451 g/mol. The van der Waals surface area contributed by atoms with Crippen LogP contribution in [0.1, 0.15) is 37.3 Å². The minimum atomic E-state index is -0.724. The Balaban J connectivity index is 1.44. The largest absolute Gasteiger partial charge is 0.497 e. The van der Waals surface area contributed by atoms with Crippen molar-refractivity contribution in [2.24, 2.45) is 5.41 Å². The standard InChI is InChI=1S/C31H30O3/c1-22-30(18-7-9-23-14-16-25(32-2)17-15-23)19-8-20-33-31(30,34-22)29-21-24-10-3-4-11-26(24)27-12-5-6-13-28(27)29/h3-7,9-17,21-22H,8,18-20H2,1-2H3/b9-7+/t22-,30-,31+/m0/s1. The lowest BCUT2D eigenvalue weighted by atomic mass is 9.60. The molecule has 2 aliphatic heterocycles. The van der Waals surface area contributed by atoms with Crippen molar-refractivity contribution in [3.05, 3.63) is 96.1 Å². The summed E-state index contributed by atoms with van der Waals surface area (Å²) in [6, 6.07) is 27.8. The summed E-state index contributed by atoms with van der Waals surface area (Å²) < 4.78 is 18.6. The summed E-state index contributed by atoms with van der Waals surface area (Å²) in [5.41, 5.74) is 2.24. The number of rotatable bonds is 5. The van der Waals surface area contributed by atoms with Crippen LogP contribution in [0.15, 0.2) is 84.9 Å². The fourth-order valence-electron chi connectivity index (χ4n) is 6.10. The van der Waals surface area contributed by atoms with Gasteiger partial charge in [-0.15, -0.1) is 0 Å². The lowest BCUT2D eigenvalue weighted by Gasteiger charge is -2.64. The third-order valence-electron chi connectivity index (χ3n) is 7.88. The number of ether oxygens (including phenoxy) is 3.